The lowest BCUT2D eigenvalue weighted by Gasteiger charge is -2.39. The van der Waals surface area contributed by atoms with Crippen LogP contribution in [0.4, 0.5) is 13.2 Å². The van der Waals surface area contributed by atoms with Gasteiger partial charge in [0.1, 0.15) is 10.6 Å². The van der Waals surface area contributed by atoms with Crippen LogP contribution in [0.15, 0.2) is 47.4 Å². The fourth-order valence-electron chi connectivity index (χ4n) is 4.26. The molecule has 1 aliphatic heterocycles. The molecule has 0 amide bonds. The third kappa shape index (κ3) is 5.38. The summed E-state index contributed by atoms with van der Waals surface area (Å²) in [5.41, 5.74) is -0.819. The minimum Gasteiger partial charge on any atom is -0.495 e. The summed E-state index contributed by atoms with van der Waals surface area (Å²) in [6.07, 6.45) is -4.24. The molecule has 0 unspecified atom stereocenters. The summed E-state index contributed by atoms with van der Waals surface area (Å²) >= 11 is 0. The molecule has 6 nitrogen and oxygen atoms in total. The van der Waals surface area contributed by atoms with Gasteiger partial charge in [-0.25, -0.2) is 8.42 Å². The highest BCUT2D eigenvalue weighted by Crippen LogP contribution is 2.40. The van der Waals surface area contributed by atoms with Gasteiger partial charge in [0.05, 0.1) is 24.7 Å². The Kier molecular flexibility index (Phi) is 7.62. The maximum atomic E-state index is 13.3. The predicted molar refractivity (Wildman–Crippen MR) is 120 cm³/mol. The number of piperidine rings is 1. The van der Waals surface area contributed by atoms with Crippen molar-refractivity contribution in [3.8, 4) is 5.75 Å². The van der Waals surface area contributed by atoms with Crippen LogP contribution in [0.1, 0.15) is 36.5 Å². The van der Waals surface area contributed by atoms with Gasteiger partial charge in [-0.1, -0.05) is 24.3 Å². The van der Waals surface area contributed by atoms with Crippen molar-refractivity contribution in [2.45, 2.75) is 44.2 Å². The SMILES string of the molecule is CCOC(=O)C1(Cc2cccc(C(F)(F)F)c2)CCN(S(=O)(=O)c2cc(C)ccc2OC)CC1. The summed E-state index contributed by atoms with van der Waals surface area (Å²) in [7, 11) is -2.52. The van der Waals surface area contributed by atoms with Crippen molar-refractivity contribution >= 4 is 16.0 Å². The number of rotatable bonds is 7. The number of methoxy groups -OCH3 is 1. The molecule has 2 aromatic carbocycles. The van der Waals surface area contributed by atoms with E-state index in [1.54, 1.807) is 26.0 Å². The van der Waals surface area contributed by atoms with Gasteiger partial charge in [-0.2, -0.15) is 17.5 Å². The van der Waals surface area contributed by atoms with Crippen LogP contribution in [-0.2, 0) is 32.2 Å². The second-order valence-corrected chi connectivity index (χ2v) is 10.3. The molecule has 186 valence electrons. The van der Waals surface area contributed by atoms with E-state index in [-0.39, 0.29) is 49.6 Å². The third-order valence-electron chi connectivity index (χ3n) is 6.12. The Labute approximate surface area is 197 Å². The molecular weight excluding hydrogens is 471 g/mol. The van der Waals surface area contributed by atoms with Gasteiger partial charge < -0.3 is 9.47 Å². The monoisotopic (exact) mass is 499 g/mol. The highest BCUT2D eigenvalue weighted by Gasteiger charge is 2.45. The van der Waals surface area contributed by atoms with Crippen molar-refractivity contribution in [3.63, 3.8) is 0 Å². The highest BCUT2D eigenvalue weighted by molar-refractivity contribution is 7.89. The minimum absolute atomic E-state index is 0.0250. The molecule has 1 aliphatic rings. The average Bonchev–Trinajstić information content (AvgIpc) is 2.79. The smallest absolute Gasteiger partial charge is 0.416 e. The van der Waals surface area contributed by atoms with Crippen LogP contribution < -0.4 is 4.74 Å². The number of alkyl halides is 3. The Morgan fingerprint density at radius 3 is 2.38 bits per heavy atom. The number of benzene rings is 2. The number of hydrogen-bond acceptors (Lipinski definition) is 5. The summed E-state index contributed by atoms with van der Waals surface area (Å²) in [6.45, 7) is 3.59. The molecule has 1 saturated heterocycles. The molecule has 0 radical (unpaired) electrons. The molecule has 0 aromatic heterocycles. The average molecular weight is 500 g/mol. The van der Waals surface area contributed by atoms with E-state index in [4.69, 9.17) is 9.47 Å². The number of carbonyl (C=O) groups excluding carboxylic acids is 1. The van der Waals surface area contributed by atoms with Crippen LogP contribution in [-0.4, -0.2) is 45.5 Å². The first-order valence-electron chi connectivity index (χ1n) is 10.9. The largest absolute Gasteiger partial charge is 0.495 e. The second kappa shape index (κ2) is 9.95. The van der Waals surface area contributed by atoms with E-state index in [2.05, 4.69) is 0 Å². The molecule has 0 N–H and O–H groups in total. The molecule has 3 rings (SSSR count). The highest BCUT2D eigenvalue weighted by atomic mass is 32.2. The van der Waals surface area contributed by atoms with E-state index in [9.17, 15) is 26.4 Å². The van der Waals surface area contributed by atoms with Gasteiger partial charge in [0.15, 0.2) is 0 Å². The molecular formula is C24H28F3NO5S. The van der Waals surface area contributed by atoms with Gasteiger partial charge in [0, 0.05) is 13.1 Å². The molecule has 10 heteroatoms. The molecule has 0 aliphatic carbocycles. The van der Waals surface area contributed by atoms with Crippen LogP contribution in [0.25, 0.3) is 0 Å². The topological polar surface area (TPSA) is 72.9 Å². The Morgan fingerprint density at radius 2 is 1.79 bits per heavy atom. The summed E-state index contributed by atoms with van der Waals surface area (Å²) in [5.74, 6) is -0.311. The first-order chi connectivity index (χ1) is 15.9. The summed E-state index contributed by atoms with van der Waals surface area (Å²) < 4.78 is 78.0. The molecule has 1 fully saturated rings. The van der Waals surface area contributed by atoms with Crippen LogP contribution >= 0.6 is 0 Å². The van der Waals surface area contributed by atoms with Gasteiger partial charge in [-0.05, 0) is 62.4 Å². The summed E-state index contributed by atoms with van der Waals surface area (Å²) in [6, 6.07) is 9.71. The first kappa shape index (κ1) is 26.0. The first-order valence-corrected chi connectivity index (χ1v) is 12.3. The number of hydrogen-bond donors (Lipinski definition) is 0. The maximum Gasteiger partial charge on any atom is 0.416 e. The molecule has 34 heavy (non-hydrogen) atoms. The van der Waals surface area contributed by atoms with Crippen LogP contribution in [0.5, 0.6) is 5.75 Å². The number of nitrogens with zero attached hydrogens (tertiary/aromatic N) is 1. The van der Waals surface area contributed by atoms with Crippen molar-refractivity contribution < 1.29 is 35.9 Å². The van der Waals surface area contributed by atoms with E-state index in [1.807, 2.05) is 0 Å². The van der Waals surface area contributed by atoms with Gasteiger partial charge in [0.25, 0.3) is 0 Å². The van der Waals surface area contributed by atoms with Gasteiger partial charge in [0.2, 0.25) is 10.0 Å². The van der Waals surface area contributed by atoms with Gasteiger partial charge >= 0.3 is 12.1 Å². The lowest BCUT2D eigenvalue weighted by molar-refractivity contribution is -0.158. The Balaban J connectivity index is 1.88. The number of esters is 1. The van der Waals surface area contributed by atoms with Crippen LogP contribution in [0.3, 0.4) is 0 Å². The Morgan fingerprint density at radius 1 is 1.12 bits per heavy atom. The summed E-state index contributed by atoms with van der Waals surface area (Å²) in [5, 5.41) is 0. The van der Waals surface area contributed by atoms with Gasteiger partial charge in [-0.3, -0.25) is 4.79 Å². The zero-order valence-electron chi connectivity index (χ0n) is 19.3. The van der Waals surface area contributed by atoms with E-state index < -0.39 is 33.1 Å². The Bertz CT molecular complexity index is 1140. The predicted octanol–water partition coefficient (Wildman–Crippen LogP) is 4.60. The number of sulfonamides is 1. The fourth-order valence-corrected chi connectivity index (χ4v) is 5.95. The molecule has 0 atom stereocenters. The minimum atomic E-state index is -4.50. The zero-order chi connectivity index (χ0) is 25.1. The van der Waals surface area contributed by atoms with Crippen molar-refractivity contribution in [1.29, 1.82) is 0 Å². The number of halogens is 3. The van der Waals surface area contributed by atoms with Crippen molar-refractivity contribution in [3.05, 3.63) is 59.2 Å². The molecule has 0 bridgehead atoms. The van der Waals surface area contributed by atoms with Crippen LogP contribution in [0.2, 0.25) is 0 Å². The van der Waals surface area contributed by atoms with Crippen molar-refractivity contribution in [2.24, 2.45) is 5.41 Å². The van der Waals surface area contributed by atoms with Crippen LogP contribution in [0, 0.1) is 12.3 Å². The van der Waals surface area contributed by atoms with Gasteiger partial charge in [-0.15, -0.1) is 0 Å². The van der Waals surface area contributed by atoms with Crippen molar-refractivity contribution in [2.75, 3.05) is 26.8 Å². The number of carbonyl (C=O) groups is 1. The van der Waals surface area contributed by atoms with E-state index >= 15 is 0 Å². The quantitative estimate of drug-likeness (QED) is 0.521. The number of ether oxygens (including phenoxy) is 2. The molecule has 1 heterocycles. The lowest BCUT2D eigenvalue weighted by Crippen LogP contribution is -2.48. The third-order valence-corrected chi connectivity index (χ3v) is 8.04. The van der Waals surface area contributed by atoms with Crippen molar-refractivity contribution in [1.82, 2.24) is 4.31 Å². The molecule has 0 spiro atoms. The standard InChI is InChI=1S/C24H28F3NO5S/c1-4-33-22(29)23(16-18-6-5-7-19(15-18)24(25,26)27)10-12-28(13-11-23)34(30,31)21-14-17(2)8-9-20(21)32-3/h5-9,14-15H,4,10-13,16H2,1-3H3. The fraction of sp³-hybridized carbons (Fsp3) is 0.458. The van der Waals surface area contributed by atoms with E-state index in [0.717, 1.165) is 17.7 Å². The Hall–Kier alpha value is -2.59. The number of aryl methyl sites for hydroxylation is 1. The maximum absolute atomic E-state index is 13.3. The second-order valence-electron chi connectivity index (χ2n) is 8.43. The molecule has 2 aromatic rings. The normalized spacial score (nSPS) is 16.8. The van der Waals surface area contributed by atoms with E-state index in [1.165, 1.54) is 29.6 Å². The lowest BCUT2D eigenvalue weighted by atomic mass is 9.74. The summed E-state index contributed by atoms with van der Waals surface area (Å²) in [4.78, 5) is 13.0. The van der Waals surface area contributed by atoms with E-state index in [0.29, 0.717) is 5.56 Å². The molecule has 0 saturated carbocycles. The zero-order valence-corrected chi connectivity index (χ0v) is 20.1.